The molecule has 1 aromatic heterocycles. The number of aromatic nitrogens is 1. The smallest absolute Gasteiger partial charge is 0.354 e. The maximum Gasteiger partial charge on any atom is 0.354 e. The van der Waals surface area contributed by atoms with E-state index in [0.29, 0.717) is 12.1 Å². The van der Waals surface area contributed by atoms with Gasteiger partial charge in [0.05, 0.1) is 10.6 Å². The van der Waals surface area contributed by atoms with Crippen molar-refractivity contribution in [2.75, 3.05) is 5.32 Å². The van der Waals surface area contributed by atoms with E-state index in [0.717, 1.165) is 12.3 Å². The number of anilines is 1. The van der Waals surface area contributed by atoms with Crippen LogP contribution in [0.5, 0.6) is 0 Å². The van der Waals surface area contributed by atoms with E-state index in [1.165, 1.54) is 6.07 Å². The summed E-state index contributed by atoms with van der Waals surface area (Å²) in [5, 5.41) is 10.6. The molecule has 0 bridgehead atoms. The monoisotopic (exact) mass is 312 g/mol. The Balaban J connectivity index is 2.28. The van der Waals surface area contributed by atoms with Gasteiger partial charge in [-0.05, 0) is 24.3 Å². The molecule has 108 valence electrons. The van der Waals surface area contributed by atoms with Crippen molar-refractivity contribution in [3.8, 4) is 0 Å². The highest BCUT2D eigenvalue weighted by atomic mass is 35.5. The summed E-state index contributed by atoms with van der Waals surface area (Å²) in [6.07, 6.45) is 1.16. The zero-order chi connectivity index (χ0) is 15.6. The van der Waals surface area contributed by atoms with Crippen molar-refractivity contribution in [2.24, 2.45) is 0 Å². The second kappa shape index (κ2) is 5.84. The average molecular weight is 313 g/mol. The van der Waals surface area contributed by atoms with Gasteiger partial charge in [0.15, 0.2) is 0 Å². The Labute approximate surface area is 122 Å². The van der Waals surface area contributed by atoms with Gasteiger partial charge in [0.1, 0.15) is 17.3 Å². The van der Waals surface area contributed by atoms with Crippen LogP contribution in [0.25, 0.3) is 0 Å². The Morgan fingerprint density at radius 3 is 2.57 bits per heavy atom. The summed E-state index contributed by atoms with van der Waals surface area (Å²) >= 11 is 5.39. The summed E-state index contributed by atoms with van der Waals surface area (Å²) in [4.78, 5) is 26.2. The molecular formula is C13H7ClF2N2O3. The summed E-state index contributed by atoms with van der Waals surface area (Å²) in [6, 6.07) is 3.74. The Morgan fingerprint density at radius 2 is 1.90 bits per heavy atom. The van der Waals surface area contributed by atoms with Crippen LogP contribution < -0.4 is 5.32 Å². The molecule has 0 spiro atoms. The molecule has 2 aromatic rings. The number of rotatable bonds is 3. The predicted molar refractivity (Wildman–Crippen MR) is 70.5 cm³/mol. The van der Waals surface area contributed by atoms with Gasteiger partial charge in [-0.1, -0.05) is 11.6 Å². The summed E-state index contributed by atoms with van der Waals surface area (Å²) in [7, 11) is 0. The standard InChI is InChI=1S/C13H7ClF2N2O3/c14-8-5-9(15)7(4-10(8)16)12(19)18-6-1-2-17-11(3-6)13(20)21/h1-5H,(H,20,21)(H,17,18,19). The average Bonchev–Trinajstić information content (AvgIpc) is 2.43. The summed E-state index contributed by atoms with van der Waals surface area (Å²) < 4.78 is 26.8. The lowest BCUT2D eigenvalue weighted by molar-refractivity contribution is 0.0690. The van der Waals surface area contributed by atoms with Gasteiger partial charge < -0.3 is 10.4 Å². The molecule has 1 amide bonds. The third-order valence-corrected chi connectivity index (χ3v) is 2.78. The number of benzene rings is 1. The third-order valence-electron chi connectivity index (χ3n) is 2.49. The number of amides is 1. The second-order valence-electron chi connectivity index (χ2n) is 3.94. The molecular weight excluding hydrogens is 306 g/mol. The van der Waals surface area contributed by atoms with Crippen molar-refractivity contribution in [1.82, 2.24) is 4.98 Å². The van der Waals surface area contributed by atoms with E-state index in [2.05, 4.69) is 10.3 Å². The van der Waals surface area contributed by atoms with E-state index >= 15 is 0 Å². The van der Waals surface area contributed by atoms with Crippen LogP contribution in [0.1, 0.15) is 20.8 Å². The number of hydrogen-bond acceptors (Lipinski definition) is 3. The Bertz CT molecular complexity index is 737. The van der Waals surface area contributed by atoms with E-state index in [9.17, 15) is 18.4 Å². The van der Waals surface area contributed by atoms with Crippen LogP contribution in [0, 0.1) is 11.6 Å². The van der Waals surface area contributed by atoms with E-state index in [1.54, 1.807) is 0 Å². The molecule has 0 aliphatic carbocycles. The van der Waals surface area contributed by atoms with Crippen LogP contribution in [0.2, 0.25) is 5.02 Å². The normalized spacial score (nSPS) is 10.2. The van der Waals surface area contributed by atoms with Gasteiger partial charge >= 0.3 is 5.97 Å². The number of nitrogens with one attached hydrogen (secondary N) is 1. The fraction of sp³-hybridized carbons (Fsp3) is 0. The fourth-order valence-electron chi connectivity index (χ4n) is 1.52. The number of carboxylic acid groups (broad SMARTS) is 1. The Morgan fingerprint density at radius 1 is 1.19 bits per heavy atom. The molecule has 8 heteroatoms. The molecule has 2 rings (SSSR count). The van der Waals surface area contributed by atoms with Gasteiger partial charge in [0.25, 0.3) is 5.91 Å². The number of halogens is 3. The molecule has 0 aliphatic rings. The zero-order valence-corrected chi connectivity index (χ0v) is 11.0. The van der Waals surface area contributed by atoms with Gasteiger partial charge in [0.2, 0.25) is 0 Å². The van der Waals surface area contributed by atoms with E-state index in [-0.39, 0.29) is 11.4 Å². The molecule has 0 atom stereocenters. The number of aromatic carboxylic acids is 1. The highest BCUT2D eigenvalue weighted by Gasteiger charge is 2.16. The number of carbonyl (C=O) groups excluding carboxylic acids is 1. The fourth-order valence-corrected chi connectivity index (χ4v) is 1.67. The highest BCUT2D eigenvalue weighted by molar-refractivity contribution is 6.30. The molecule has 0 saturated heterocycles. The van der Waals surface area contributed by atoms with Crippen molar-refractivity contribution >= 4 is 29.2 Å². The van der Waals surface area contributed by atoms with Crippen molar-refractivity contribution in [3.63, 3.8) is 0 Å². The van der Waals surface area contributed by atoms with Crippen LogP contribution in [0.4, 0.5) is 14.5 Å². The first-order chi connectivity index (χ1) is 9.88. The molecule has 0 fully saturated rings. The van der Waals surface area contributed by atoms with Crippen LogP contribution >= 0.6 is 11.6 Å². The van der Waals surface area contributed by atoms with Gasteiger partial charge in [-0.25, -0.2) is 18.6 Å². The second-order valence-corrected chi connectivity index (χ2v) is 4.34. The lowest BCUT2D eigenvalue weighted by Gasteiger charge is -2.07. The molecule has 0 radical (unpaired) electrons. The summed E-state index contributed by atoms with van der Waals surface area (Å²) in [5.41, 5.74) is -0.761. The quantitative estimate of drug-likeness (QED) is 0.854. The van der Waals surface area contributed by atoms with Crippen molar-refractivity contribution in [2.45, 2.75) is 0 Å². The number of pyridine rings is 1. The molecule has 21 heavy (non-hydrogen) atoms. The van der Waals surface area contributed by atoms with Crippen molar-refractivity contribution in [3.05, 3.63) is 58.4 Å². The minimum atomic E-state index is -1.28. The van der Waals surface area contributed by atoms with Gasteiger partial charge in [-0.15, -0.1) is 0 Å². The minimum Gasteiger partial charge on any atom is -0.477 e. The molecule has 1 aromatic carbocycles. The molecule has 5 nitrogen and oxygen atoms in total. The first-order valence-corrected chi connectivity index (χ1v) is 5.91. The van der Waals surface area contributed by atoms with E-state index in [1.807, 2.05) is 0 Å². The molecule has 0 unspecified atom stereocenters. The topological polar surface area (TPSA) is 79.3 Å². The third kappa shape index (κ3) is 3.32. The van der Waals surface area contributed by atoms with Gasteiger partial charge in [-0.3, -0.25) is 4.79 Å². The predicted octanol–water partition coefficient (Wildman–Crippen LogP) is 2.96. The number of carbonyl (C=O) groups is 2. The largest absolute Gasteiger partial charge is 0.477 e. The van der Waals surface area contributed by atoms with Gasteiger partial charge in [-0.2, -0.15) is 0 Å². The molecule has 0 aliphatic heterocycles. The maximum absolute atomic E-state index is 13.6. The van der Waals surface area contributed by atoms with E-state index in [4.69, 9.17) is 16.7 Å². The minimum absolute atomic E-state index is 0.0853. The van der Waals surface area contributed by atoms with Crippen LogP contribution in [-0.4, -0.2) is 22.0 Å². The van der Waals surface area contributed by atoms with Crippen LogP contribution in [-0.2, 0) is 0 Å². The maximum atomic E-state index is 13.6. The Kier molecular flexibility index (Phi) is 4.13. The van der Waals surface area contributed by atoms with E-state index < -0.39 is 34.1 Å². The van der Waals surface area contributed by atoms with Crippen LogP contribution in [0.3, 0.4) is 0 Å². The molecule has 0 saturated carbocycles. The van der Waals surface area contributed by atoms with Gasteiger partial charge in [0, 0.05) is 11.9 Å². The Hall–Kier alpha value is -2.54. The summed E-state index contributed by atoms with van der Waals surface area (Å²) in [6.45, 7) is 0. The van der Waals surface area contributed by atoms with Crippen molar-refractivity contribution in [1.29, 1.82) is 0 Å². The highest BCUT2D eigenvalue weighted by Crippen LogP contribution is 2.20. The molecule has 1 heterocycles. The SMILES string of the molecule is O=C(O)c1cc(NC(=O)c2cc(F)c(Cl)cc2F)ccn1. The number of nitrogens with zero attached hydrogens (tertiary/aromatic N) is 1. The number of hydrogen-bond donors (Lipinski definition) is 2. The van der Waals surface area contributed by atoms with Crippen molar-refractivity contribution < 1.29 is 23.5 Å². The molecule has 2 N–H and O–H groups in total. The first kappa shape index (κ1) is 14.9. The zero-order valence-electron chi connectivity index (χ0n) is 10.2. The lowest BCUT2D eigenvalue weighted by Crippen LogP contribution is -2.15. The lowest BCUT2D eigenvalue weighted by atomic mass is 10.2. The first-order valence-electron chi connectivity index (χ1n) is 5.53. The summed E-state index contributed by atoms with van der Waals surface area (Å²) in [5.74, 6) is -4.16. The van der Waals surface area contributed by atoms with Crippen LogP contribution in [0.15, 0.2) is 30.5 Å². The number of carboxylic acids is 1.